The lowest BCUT2D eigenvalue weighted by Gasteiger charge is -2.42. The van der Waals surface area contributed by atoms with Crippen molar-refractivity contribution < 1.29 is 14.2 Å². The van der Waals surface area contributed by atoms with Crippen LogP contribution in [-0.2, 0) is 0 Å². The molecule has 33 heavy (non-hydrogen) atoms. The molecular formula is C26H33FN4O2. The number of nitrogens with zero attached hydrogens (tertiary/aromatic N) is 4. The molecule has 4 rings (SSSR count). The van der Waals surface area contributed by atoms with Crippen molar-refractivity contribution in [3.63, 3.8) is 0 Å². The highest BCUT2D eigenvalue weighted by Gasteiger charge is 2.36. The van der Waals surface area contributed by atoms with Gasteiger partial charge in [-0.05, 0) is 61.3 Å². The van der Waals surface area contributed by atoms with E-state index in [4.69, 9.17) is 4.74 Å². The Kier molecular flexibility index (Phi) is 7.73. The van der Waals surface area contributed by atoms with Gasteiger partial charge in [-0.25, -0.2) is 9.07 Å². The van der Waals surface area contributed by atoms with Gasteiger partial charge in [-0.1, -0.05) is 43.5 Å². The minimum Gasteiger partial charge on any atom is -0.497 e. The lowest BCUT2D eigenvalue weighted by molar-refractivity contribution is -0.00775. The van der Waals surface area contributed by atoms with Crippen LogP contribution in [0.1, 0.15) is 56.7 Å². The first-order valence-corrected chi connectivity index (χ1v) is 11.8. The Morgan fingerprint density at radius 1 is 1.06 bits per heavy atom. The summed E-state index contributed by atoms with van der Waals surface area (Å²) < 4.78 is 20.4. The number of hydrogen-bond donors (Lipinski definition) is 1. The second-order valence-corrected chi connectivity index (χ2v) is 8.81. The van der Waals surface area contributed by atoms with Crippen LogP contribution in [0.3, 0.4) is 0 Å². The first kappa shape index (κ1) is 23.4. The number of rotatable bonds is 9. The zero-order chi connectivity index (χ0) is 23.2. The van der Waals surface area contributed by atoms with Crippen LogP contribution in [-0.4, -0.2) is 51.3 Å². The lowest BCUT2D eigenvalue weighted by Crippen LogP contribution is -2.46. The zero-order valence-electron chi connectivity index (χ0n) is 19.4. The molecule has 0 aliphatic carbocycles. The molecule has 3 aromatic rings. The maximum atomic E-state index is 13.3. The van der Waals surface area contributed by atoms with Gasteiger partial charge in [-0.3, -0.25) is 4.90 Å². The Bertz CT molecular complexity index is 1010. The van der Waals surface area contributed by atoms with E-state index in [0.717, 1.165) is 24.3 Å². The summed E-state index contributed by atoms with van der Waals surface area (Å²) in [5, 5.41) is 19.7. The van der Waals surface area contributed by atoms with Gasteiger partial charge < -0.3 is 9.84 Å². The average molecular weight is 453 g/mol. The molecule has 6 nitrogen and oxygen atoms in total. The molecule has 0 saturated carbocycles. The van der Waals surface area contributed by atoms with Gasteiger partial charge in [0, 0.05) is 18.2 Å². The zero-order valence-corrected chi connectivity index (χ0v) is 19.4. The molecule has 1 aliphatic rings. The minimum atomic E-state index is -0.549. The van der Waals surface area contributed by atoms with Crippen molar-refractivity contribution in [3.8, 4) is 17.0 Å². The van der Waals surface area contributed by atoms with Crippen molar-refractivity contribution in [2.75, 3.05) is 20.2 Å². The first-order chi connectivity index (χ1) is 16.1. The van der Waals surface area contributed by atoms with Gasteiger partial charge >= 0.3 is 0 Å². The third-order valence-corrected chi connectivity index (χ3v) is 6.56. The molecule has 176 valence electrons. The Morgan fingerprint density at radius 3 is 2.52 bits per heavy atom. The van der Waals surface area contributed by atoms with Gasteiger partial charge in [0.05, 0.1) is 25.5 Å². The van der Waals surface area contributed by atoms with Crippen molar-refractivity contribution in [1.29, 1.82) is 0 Å². The summed E-state index contributed by atoms with van der Waals surface area (Å²) >= 11 is 0. The highest BCUT2D eigenvalue weighted by Crippen LogP contribution is 2.36. The Labute approximate surface area is 195 Å². The summed E-state index contributed by atoms with van der Waals surface area (Å²) in [5.41, 5.74) is 2.67. The summed E-state index contributed by atoms with van der Waals surface area (Å²) in [6, 6.07) is 14.3. The Hall–Kier alpha value is -2.77. The fraction of sp³-hybridized carbons (Fsp3) is 0.462. The van der Waals surface area contributed by atoms with Crippen LogP contribution in [0, 0.1) is 5.82 Å². The van der Waals surface area contributed by atoms with Crippen molar-refractivity contribution in [2.24, 2.45) is 0 Å². The number of aliphatic hydroxyl groups is 1. The number of aliphatic hydroxyl groups excluding tert-OH is 1. The fourth-order valence-electron chi connectivity index (χ4n) is 4.64. The number of halogens is 1. The molecule has 0 spiro atoms. The SMILES string of the molecule is CCCCCCN1C[C@H](n2cc(-c3ccc(F)cc3)nn2)[C@@H](O)C[C@H]1c1ccc(OC)cc1. The lowest BCUT2D eigenvalue weighted by atomic mass is 9.90. The number of methoxy groups -OCH3 is 1. The normalized spacial score (nSPS) is 21.3. The number of likely N-dealkylation sites (tertiary alicyclic amines) is 1. The van der Waals surface area contributed by atoms with Crippen LogP contribution in [0.25, 0.3) is 11.3 Å². The summed E-state index contributed by atoms with van der Waals surface area (Å²) in [4.78, 5) is 2.47. The largest absolute Gasteiger partial charge is 0.497 e. The predicted octanol–water partition coefficient (Wildman–Crippen LogP) is 5.02. The first-order valence-electron chi connectivity index (χ1n) is 11.8. The van der Waals surface area contributed by atoms with Crippen molar-refractivity contribution in [1.82, 2.24) is 19.9 Å². The van der Waals surface area contributed by atoms with Crippen molar-refractivity contribution in [3.05, 3.63) is 66.1 Å². The van der Waals surface area contributed by atoms with Gasteiger partial charge in [0.15, 0.2) is 0 Å². The molecule has 0 unspecified atom stereocenters. The third-order valence-electron chi connectivity index (χ3n) is 6.56. The topological polar surface area (TPSA) is 63.4 Å². The van der Waals surface area contributed by atoms with Crippen molar-refractivity contribution in [2.45, 2.75) is 57.2 Å². The number of benzene rings is 2. The molecule has 3 atom stereocenters. The molecule has 2 aromatic carbocycles. The molecule has 1 aliphatic heterocycles. The second kappa shape index (κ2) is 10.9. The van der Waals surface area contributed by atoms with Gasteiger partial charge in [-0.2, -0.15) is 0 Å². The van der Waals surface area contributed by atoms with E-state index in [2.05, 4.69) is 34.3 Å². The maximum Gasteiger partial charge on any atom is 0.123 e. The predicted molar refractivity (Wildman–Crippen MR) is 127 cm³/mol. The van der Waals surface area contributed by atoms with Gasteiger partial charge in [0.25, 0.3) is 0 Å². The van der Waals surface area contributed by atoms with Crippen LogP contribution >= 0.6 is 0 Å². The van der Waals surface area contributed by atoms with Gasteiger partial charge in [0.2, 0.25) is 0 Å². The van der Waals surface area contributed by atoms with Crippen LogP contribution in [0.15, 0.2) is 54.7 Å². The van der Waals surface area contributed by atoms with E-state index in [-0.39, 0.29) is 17.9 Å². The molecule has 0 radical (unpaired) electrons. The van der Waals surface area contributed by atoms with E-state index in [1.54, 1.807) is 23.9 Å². The number of piperidine rings is 1. The van der Waals surface area contributed by atoms with E-state index < -0.39 is 6.10 Å². The molecule has 0 amide bonds. The molecule has 1 saturated heterocycles. The third kappa shape index (κ3) is 5.60. The molecule has 2 heterocycles. The van der Waals surface area contributed by atoms with Crippen LogP contribution in [0.4, 0.5) is 4.39 Å². The Balaban J connectivity index is 1.53. The van der Waals surface area contributed by atoms with Gasteiger partial charge in [0.1, 0.15) is 17.3 Å². The average Bonchev–Trinajstić information content (AvgIpc) is 3.33. The highest BCUT2D eigenvalue weighted by molar-refractivity contribution is 5.57. The summed E-state index contributed by atoms with van der Waals surface area (Å²) in [7, 11) is 1.67. The number of unbranched alkanes of at least 4 members (excludes halogenated alkanes) is 3. The quantitative estimate of drug-likeness (QED) is 0.462. The molecule has 0 bridgehead atoms. The summed E-state index contributed by atoms with van der Waals surface area (Å²) in [6.45, 7) is 3.88. The smallest absolute Gasteiger partial charge is 0.123 e. The van der Waals surface area contributed by atoms with E-state index >= 15 is 0 Å². The second-order valence-electron chi connectivity index (χ2n) is 8.81. The number of ether oxygens (including phenoxy) is 1. The van der Waals surface area contributed by atoms with Crippen LogP contribution < -0.4 is 4.74 Å². The maximum absolute atomic E-state index is 13.3. The monoisotopic (exact) mass is 452 g/mol. The minimum absolute atomic E-state index is 0.142. The molecular weight excluding hydrogens is 419 g/mol. The highest BCUT2D eigenvalue weighted by atomic mass is 19.1. The van der Waals surface area contributed by atoms with Crippen molar-refractivity contribution >= 4 is 0 Å². The van der Waals surface area contributed by atoms with E-state index in [9.17, 15) is 9.50 Å². The standard InChI is InChI=1S/C26H33FN4O2/c1-3-4-5-6-15-30-18-25(26(32)16-24(30)20-9-13-22(33-2)14-10-20)31-17-23(28-29-31)19-7-11-21(27)12-8-19/h7-14,17,24-26,32H,3-6,15-16,18H2,1-2H3/t24-,25-,26-/m0/s1. The number of aromatic nitrogens is 3. The molecule has 1 fully saturated rings. The van der Waals surface area contributed by atoms with Gasteiger partial charge in [-0.15, -0.1) is 5.10 Å². The van der Waals surface area contributed by atoms with E-state index in [1.165, 1.54) is 37.0 Å². The van der Waals surface area contributed by atoms with E-state index in [1.807, 2.05) is 18.3 Å². The Morgan fingerprint density at radius 2 is 1.82 bits per heavy atom. The van der Waals surface area contributed by atoms with Crippen LogP contribution in [0.2, 0.25) is 0 Å². The van der Waals surface area contributed by atoms with Crippen LogP contribution in [0.5, 0.6) is 5.75 Å². The summed E-state index contributed by atoms with van der Waals surface area (Å²) in [5.74, 6) is 0.551. The number of hydrogen-bond acceptors (Lipinski definition) is 5. The molecule has 1 N–H and O–H groups in total. The fourth-order valence-corrected chi connectivity index (χ4v) is 4.64. The summed E-state index contributed by atoms with van der Waals surface area (Å²) in [6.07, 6.45) is 6.69. The molecule has 7 heteroatoms. The molecule has 1 aromatic heterocycles. The van der Waals surface area contributed by atoms with E-state index in [0.29, 0.717) is 18.7 Å².